The topological polar surface area (TPSA) is 99.3 Å². The van der Waals surface area contributed by atoms with Gasteiger partial charge in [0, 0.05) is 17.1 Å². The average molecular weight is 401 g/mol. The second-order valence-electron chi connectivity index (χ2n) is 5.92. The summed E-state index contributed by atoms with van der Waals surface area (Å²) in [6.07, 6.45) is 2.49. The number of nitrogens with zero attached hydrogens (tertiary/aromatic N) is 3. The van der Waals surface area contributed by atoms with Crippen LogP contribution >= 0.6 is 11.6 Å². The first-order chi connectivity index (χ1) is 13.5. The number of aromatic nitrogens is 2. The van der Waals surface area contributed by atoms with Gasteiger partial charge in [0.15, 0.2) is 0 Å². The summed E-state index contributed by atoms with van der Waals surface area (Å²) in [4.78, 5) is 22.4. The molecule has 1 N–H and O–H groups in total. The number of amides is 1. The number of nitro groups is 1. The van der Waals surface area contributed by atoms with Crippen LogP contribution < -0.4 is 10.1 Å². The van der Waals surface area contributed by atoms with Crippen molar-refractivity contribution in [3.05, 3.63) is 87.2 Å². The van der Waals surface area contributed by atoms with Gasteiger partial charge in [-0.15, -0.1) is 0 Å². The van der Waals surface area contributed by atoms with Crippen LogP contribution in [0.25, 0.3) is 0 Å². The molecule has 28 heavy (non-hydrogen) atoms. The summed E-state index contributed by atoms with van der Waals surface area (Å²) >= 11 is 5.93. The van der Waals surface area contributed by atoms with Gasteiger partial charge in [0.05, 0.1) is 11.5 Å². The number of ether oxygens (including phenoxy) is 1. The molecule has 0 radical (unpaired) electrons. The van der Waals surface area contributed by atoms with Crippen molar-refractivity contribution in [2.45, 2.75) is 13.2 Å². The summed E-state index contributed by atoms with van der Waals surface area (Å²) in [5.74, 6) is 0.405. The third-order valence-corrected chi connectivity index (χ3v) is 4.08. The van der Waals surface area contributed by atoms with Crippen LogP contribution in [0.4, 0.5) is 5.69 Å². The van der Waals surface area contributed by atoms with Gasteiger partial charge in [-0.05, 0) is 35.9 Å². The van der Waals surface area contributed by atoms with E-state index >= 15 is 0 Å². The van der Waals surface area contributed by atoms with E-state index in [1.165, 1.54) is 17.1 Å². The van der Waals surface area contributed by atoms with E-state index in [-0.39, 0.29) is 11.6 Å². The highest BCUT2D eigenvalue weighted by Gasteiger charge is 2.10. The summed E-state index contributed by atoms with van der Waals surface area (Å²) in [6.45, 7) is 0.927. The first-order valence-electron chi connectivity index (χ1n) is 8.43. The molecular formula is C19H17ClN4O4. The quantitative estimate of drug-likeness (QED) is 0.461. The second-order valence-corrected chi connectivity index (χ2v) is 6.36. The van der Waals surface area contributed by atoms with Gasteiger partial charge in [-0.25, -0.2) is 0 Å². The minimum Gasteiger partial charge on any atom is -0.489 e. The molecule has 0 fully saturated rings. The van der Waals surface area contributed by atoms with Crippen LogP contribution in [0.1, 0.15) is 15.9 Å². The van der Waals surface area contributed by atoms with Crippen molar-refractivity contribution in [1.29, 1.82) is 0 Å². The molecule has 0 unspecified atom stereocenters. The van der Waals surface area contributed by atoms with E-state index in [0.717, 1.165) is 5.56 Å². The lowest BCUT2D eigenvalue weighted by molar-refractivity contribution is -0.385. The first-order valence-corrected chi connectivity index (χ1v) is 8.81. The highest BCUT2D eigenvalue weighted by atomic mass is 35.5. The van der Waals surface area contributed by atoms with E-state index in [1.807, 2.05) is 12.1 Å². The van der Waals surface area contributed by atoms with E-state index in [2.05, 4.69) is 10.4 Å². The minimum absolute atomic E-state index is 0.0845. The van der Waals surface area contributed by atoms with Gasteiger partial charge in [-0.1, -0.05) is 29.8 Å². The summed E-state index contributed by atoms with van der Waals surface area (Å²) in [5, 5.41) is 17.9. The number of halogens is 1. The molecule has 1 aromatic heterocycles. The van der Waals surface area contributed by atoms with E-state index in [1.54, 1.807) is 36.4 Å². The van der Waals surface area contributed by atoms with Gasteiger partial charge in [-0.3, -0.25) is 19.6 Å². The highest BCUT2D eigenvalue weighted by molar-refractivity contribution is 6.30. The van der Waals surface area contributed by atoms with E-state index in [0.29, 0.717) is 36.0 Å². The van der Waals surface area contributed by atoms with E-state index < -0.39 is 4.92 Å². The van der Waals surface area contributed by atoms with Crippen LogP contribution in [0.5, 0.6) is 5.75 Å². The highest BCUT2D eigenvalue weighted by Crippen LogP contribution is 2.18. The standard InChI is InChI=1S/C19H17ClN4O4/c20-16-5-2-6-18(10-16)28-13-14-3-1-4-15(9-14)19(25)21-7-8-23-12-17(11-22-23)24(26)27/h1-6,9-12H,7-8,13H2,(H,21,25). The Hall–Kier alpha value is -3.39. The number of hydrogen-bond acceptors (Lipinski definition) is 5. The molecular weight excluding hydrogens is 384 g/mol. The van der Waals surface area contributed by atoms with Gasteiger partial charge >= 0.3 is 5.69 Å². The number of rotatable bonds is 8. The molecule has 0 aliphatic rings. The number of carbonyl (C=O) groups excluding carboxylic acids is 1. The average Bonchev–Trinajstić information content (AvgIpc) is 3.16. The zero-order valence-electron chi connectivity index (χ0n) is 14.7. The Bertz CT molecular complexity index is 989. The maximum Gasteiger partial charge on any atom is 0.306 e. The summed E-state index contributed by atoms with van der Waals surface area (Å²) in [7, 11) is 0. The number of hydrogen-bond donors (Lipinski definition) is 1. The van der Waals surface area contributed by atoms with Crippen LogP contribution in [0, 0.1) is 10.1 Å². The Balaban J connectivity index is 1.52. The fraction of sp³-hybridized carbons (Fsp3) is 0.158. The maximum absolute atomic E-state index is 12.3. The minimum atomic E-state index is -0.515. The zero-order chi connectivity index (χ0) is 19.9. The van der Waals surface area contributed by atoms with Crippen LogP contribution in [0.3, 0.4) is 0 Å². The molecule has 3 rings (SSSR count). The Labute approximate surface area is 165 Å². The van der Waals surface area contributed by atoms with Crippen LogP contribution in [-0.4, -0.2) is 27.2 Å². The van der Waals surface area contributed by atoms with E-state index in [9.17, 15) is 14.9 Å². The largest absolute Gasteiger partial charge is 0.489 e. The van der Waals surface area contributed by atoms with Crippen LogP contribution in [0.15, 0.2) is 60.9 Å². The Morgan fingerprint density at radius 3 is 2.82 bits per heavy atom. The molecule has 0 aliphatic heterocycles. The molecule has 3 aromatic rings. The molecule has 0 aliphatic carbocycles. The van der Waals surface area contributed by atoms with Crippen molar-refractivity contribution in [3.63, 3.8) is 0 Å². The van der Waals surface area contributed by atoms with Crippen LogP contribution in [-0.2, 0) is 13.2 Å². The summed E-state index contributed by atoms with van der Waals surface area (Å²) in [6, 6.07) is 14.2. The molecule has 0 atom stereocenters. The van der Waals surface area contributed by atoms with Crippen molar-refractivity contribution in [1.82, 2.24) is 15.1 Å². The Kier molecular flexibility index (Phi) is 6.23. The van der Waals surface area contributed by atoms with Gasteiger partial charge in [0.25, 0.3) is 5.91 Å². The van der Waals surface area contributed by atoms with Gasteiger partial charge < -0.3 is 10.1 Å². The Morgan fingerprint density at radius 1 is 1.25 bits per heavy atom. The number of nitrogens with one attached hydrogen (secondary N) is 1. The smallest absolute Gasteiger partial charge is 0.306 e. The molecule has 2 aromatic carbocycles. The van der Waals surface area contributed by atoms with Gasteiger partial charge in [0.2, 0.25) is 0 Å². The Morgan fingerprint density at radius 2 is 2.07 bits per heavy atom. The van der Waals surface area contributed by atoms with E-state index in [4.69, 9.17) is 16.3 Å². The molecule has 0 bridgehead atoms. The van der Waals surface area contributed by atoms with Crippen molar-refractivity contribution in [2.75, 3.05) is 6.54 Å². The molecule has 9 heteroatoms. The predicted octanol–water partition coefficient (Wildman–Crippen LogP) is 3.45. The van der Waals surface area contributed by atoms with Crippen molar-refractivity contribution >= 4 is 23.2 Å². The molecule has 1 heterocycles. The van der Waals surface area contributed by atoms with Crippen molar-refractivity contribution in [2.24, 2.45) is 0 Å². The molecule has 1 amide bonds. The fourth-order valence-electron chi connectivity index (χ4n) is 2.48. The third-order valence-electron chi connectivity index (χ3n) is 3.85. The van der Waals surface area contributed by atoms with Gasteiger partial charge in [-0.2, -0.15) is 5.10 Å². The summed E-state index contributed by atoms with van der Waals surface area (Å²) < 4.78 is 7.10. The SMILES string of the molecule is O=C(NCCn1cc([N+](=O)[O-])cn1)c1cccc(COc2cccc(Cl)c2)c1. The van der Waals surface area contributed by atoms with Crippen molar-refractivity contribution in [3.8, 4) is 5.75 Å². The monoisotopic (exact) mass is 400 g/mol. The second kappa shape index (κ2) is 9.01. The molecule has 8 nitrogen and oxygen atoms in total. The number of benzene rings is 2. The molecule has 0 saturated carbocycles. The lowest BCUT2D eigenvalue weighted by Crippen LogP contribution is -2.27. The lowest BCUT2D eigenvalue weighted by Gasteiger charge is -2.09. The fourth-order valence-corrected chi connectivity index (χ4v) is 2.66. The third kappa shape index (κ3) is 5.31. The normalized spacial score (nSPS) is 10.5. The molecule has 144 valence electrons. The maximum atomic E-state index is 12.3. The predicted molar refractivity (Wildman–Crippen MR) is 103 cm³/mol. The summed E-state index contributed by atoms with van der Waals surface area (Å²) in [5.41, 5.74) is 1.26. The first kappa shape index (κ1) is 19.4. The molecule has 0 spiro atoms. The zero-order valence-corrected chi connectivity index (χ0v) is 15.5. The van der Waals surface area contributed by atoms with Crippen molar-refractivity contribution < 1.29 is 14.5 Å². The number of carbonyl (C=O) groups is 1. The van der Waals surface area contributed by atoms with Crippen LogP contribution in [0.2, 0.25) is 5.02 Å². The van der Waals surface area contributed by atoms with Gasteiger partial charge in [0.1, 0.15) is 24.8 Å². The lowest BCUT2D eigenvalue weighted by atomic mass is 10.1. The molecule has 0 saturated heterocycles.